The van der Waals surface area contributed by atoms with Crippen LogP contribution in [0.15, 0.2) is 66.7 Å². The molecule has 0 spiro atoms. The van der Waals surface area contributed by atoms with Crippen LogP contribution in [0.5, 0.6) is 11.5 Å². The van der Waals surface area contributed by atoms with Crippen LogP contribution >= 0.6 is 0 Å². The van der Waals surface area contributed by atoms with Crippen LogP contribution in [0.3, 0.4) is 0 Å². The number of aromatic nitrogens is 1. The molecule has 6 rings (SSSR count). The van der Waals surface area contributed by atoms with Crippen molar-refractivity contribution in [2.24, 2.45) is 0 Å². The SMILES string of the molecule is COc1cccc([C@H]2CN3C(=O)CN(CCc4ccccc4F)C(=O)[C@]3(C)c3[nH]c4ccccc4c32)c1OC. The summed E-state index contributed by atoms with van der Waals surface area (Å²) >= 11 is 0. The number of aromatic amines is 1. The van der Waals surface area contributed by atoms with Crippen LogP contribution in [0.1, 0.15) is 35.2 Å². The lowest BCUT2D eigenvalue weighted by Gasteiger charge is -2.51. The van der Waals surface area contributed by atoms with Crippen molar-refractivity contribution >= 4 is 22.7 Å². The largest absolute Gasteiger partial charge is 0.493 e. The van der Waals surface area contributed by atoms with Crippen molar-refractivity contribution in [3.05, 3.63) is 94.9 Å². The minimum atomic E-state index is -1.23. The molecule has 2 aliphatic rings. The first-order chi connectivity index (χ1) is 18.9. The maximum Gasteiger partial charge on any atom is 0.254 e. The van der Waals surface area contributed by atoms with Gasteiger partial charge in [-0.1, -0.05) is 48.5 Å². The van der Waals surface area contributed by atoms with Crippen molar-refractivity contribution in [1.82, 2.24) is 14.8 Å². The van der Waals surface area contributed by atoms with E-state index >= 15 is 0 Å². The van der Waals surface area contributed by atoms with Gasteiger partial charge in [-0.05, 0) is 42.7 Å². The summed E-state index contributed by atoms with van der Waals surface area (Å²) < 4.78 is 25.7. The molecule has 4 aromatic rings. The van der Waals surface area contributed by atoms with Crippen molar-refractivity contribution in [2.75, 3.05) is 33.9 Å². The molecule has 2 aliphatic heterocycles. The Morgan fingerprint density at radius 1 is 1.00 bits per heavy atom. The number of piperazine rings is 1. The summed E-state index contributed by atoms with van der Waals surface area (Å²) in [4.78, 5) is 34.7. The fourth-order valence-electron chi connectivity index (χ4n) is 6.28. The summed E-state index contributed by atoms with van der Waals surface area (Å²) in [5.74, 6) is 0.309. The fraction of sp³-hybridized carbons (Fsp3) is 0.290. The number of nitrogens with zero attached hydrogens (tertiary/aromatic N) is 2. The molecule has 0 bridgehead atoms. The number of carbonyl (C=O) groups excluding carboxylic acids is 2. The fourth-order valence-corrected chi connectivity index (χ4v) is 6.28. The van der Waals surface area contributed by atoms with Gasteiger partial charge in [0.25, 0.3) is 5.91 Å². The molecule has 7 nitrogen and oxygen atoms in total. The van der Waals surface area contributed by atoms with Crippen LogP contribution in [-0.4, -0.2) is 60.5 Å². The summed E-state index contributed by atoms with van der Waals surface area (Å²) in [6, 6.07) is 20.2. The Balaban J connectivity index is 1.47. The van der Waals surface area contributed by atoms with E-state index in [9.17, 15) is 14.0 Å². The molecule has 0 radical (unpaired) electrons. The molecule has 3 heterocycles. The number of ether oxygens (including phenoxy) is 2. The van der Waals surface area contributed by atoms with Crippen LogP contribution in [0, 0.1) is 5.82 Å². The van der Waals surface area contributed by atoms with Crippen LogP contribution in [0.25, 0.3) is 10.9 Å². The standard InChI is InChI=1S/C31H30FN3O4/c1-31-29-27(21-10-5-7-13-24(21)33-29)22(20-11-8-14-25(38-2)28(20)39-3)17-35(31)26(36)18-34(30(31)37)16-15-19-9-4-6-12-23(19)32/h4-14,22,33H,15-18H2,1-3H3/t22-,31+/m1/s1. The summed E-state index contributed by atoms with van der Waals surface area (Å²) in [6.45, 7) is 2.31. The lowest BCUT2D eigenvalue weighted by Crippen LogP contribution is -2.67. The Hall–Kier alpha value is -4.33. The number of hydrogen-bond acceptors (Lipinski definition) is 4. The molecule has 39 heavy (non-hydrogen) atoms. The highest BCUT2D eigenvalue weighted by Crippen LogP contribution is 2.50. The van der Waals surface area contributed by atoms with E-state index in [2.05, 4.69) is 4.98 Å². The zero-order valence-corrected chi connectivity index (χ0v) is 22.2. The van der Waals surface area contributed by atoms with Gasteiger partial charge >= 0.3 is 0 Å². The van der Waals surface area contributed by atoms with Gasteiger partial charge < -0.3 is 24.3 Å². The monoisotopic (exact) mass is 527 g/mol. The highest BCUT2D eigenvalue weighted by atomic mass is 19.1. The van der Waals surface area contributed by atoms with Gasteiger partial charge in [0.05, 0.1) is 26.5 Å². The summed E-state index contributed by atoms with van der Waals surface area (Å²) in [7, 11) is 3.20. The molecule has 200 valence electrons. The third-order valence-electron chi connectivity index (χ3n) is 8.24. The van der Waals surface area contributed by atoms with E-state index in [1.54, 1.807) is 42.2 Å². The van der Waals surface area contributed by atoms with E-state index in [-0.39, 0.29) is 36.6 Å². The lowest BCUT2D eigenvalue weighted by molar-refractivity contribution is -0.166. The summed E-state index contributed by atoms with van der Waals surface area (Å²) in [6.07, 6.45) is 0.324. The number of halogens is 1. The number of benzene rings is 3. The van der Waals surface area contributed by atoms with E-state index in [4.69, 9.17) is 9.47 Å². The first-order valence-electron chi connectivity index (χ1n) is 13.0. The lowest BCUT2D eigenvalue weighted by atomic mass is 9.76. The van der Waals surface area contributed by atoms with Crippen molar-refractivity contribution < 1.29 is 23.5 Å². The molecule has 3 aromatic carbocycles. The molecule has 0 saturated carbocycles. The van der Waals surface area contributed by atoms with E-state index in [1.807, 2.05) is 49.4 Å². The number of amides is 2. The molecule has 8 heteroatoms. The van der Waals surface area contributed by atoms with Crippen molar-refractivity contribution in [3.8, 4) is 11.5 Å². The normalized spacial score (nSPS) is 20.7. The molecule has 2 atom stereocenters. The molecule has 2 amide bonds. The van der Waals surface area contributed by atoms with Crippen molar-refractivity contribution in [1.29, 1.82) is 0 Å². The number of carbonyl (C=O) groups is 2. The van der Waals surface area contributed by atoms with Gasteiger partial charge in [-0.25, -0.2) is 4.39 Å². The zero-order chi connectivity index (χ0) is 27.3. The van der Waals surface area contributed by atoms with Gasteiger partial charge in [0.15, 0.2) is 17.0 Å². The third-order valence-corrected chi connectivity index (χ3v) is 8.24. The zero-order valence-electron chi connectivity index (χ0n) is 22.2. The second kappa shape index (κ2) is 9.45. The Labute approximate surface area is 226 Å². The predicted molar refractivity (Wildman–Crippen MR) is 145 cm³/mol. The van der Waals surface area contributed by atoms with Gasteiger partial charge in [0.1, 0.15) is 5.82 Å². The molecule has 1 N–H and O–H groups in total. The van der Waals surface area contributed by atoms with Crippen molar-refractivity contribution in [2.45, 2.75) is 24.8 Å². The molecular weight excluding hydrogens is 497 g/mol. The van der Waals surface area contributed by atoms with Crippen LogP contribution in [-0.2, 0) is 21.5 Å². The van der Waals surface area contributed by atoms with E-state index < -0.39 is 5.54 Å². The number of para-hydroxylation sites is 2. The molecule has 1 aromatic heterocycles. The molecule has 1 fully saturated rings. The first kappa shape index (κ1) is 25.0. The van der Waals surface area contributed by atoms with Gasteiger partial charge in [0, 0.05) is 35.5 Å². The van der Waals surface area contributed by atoms with Crippen LogP contribution < -0.4 is 9.47 Å². The number of nitrogens with one attached hydrogen (secondary N) is 1. The maximum atomic E-state index is 14.3. The highest BCUT2D eigenvalue weighted by molar-refractivity contribution is 6.01. The minimum Gasteiger partial charge on any atom is -0.493 e. The second-order valence-electron chi connectivity index (χ2n) is 10.2. The number of rotatable bonds is 6. The number of hydrogen-bond donors (Lipinski definition) is 1. The molecule has 1 saturated heterocycles. The average Bonchev–Trinajstić information content (AvgIpc) is 3.35. The first-order valence-corrected chi connectivity index (χ1v) is 13.0. The Kier molecular flexibility index (Phi) is 6.05. The Bertz CT molecular complexity index is 1600. The highest BCUT2D eigenvalue weighted by Gasteiger charge is 2.56. The van der Waals surface area contributed by atoms with E-state index in [1.165, 1.54) is 6.07 Å². The van der Waals surface area contributed by atoms with E-state index in [0.717, 1.165) is 22.0 Å². The second-order valence-corrected chi connectivity index (χ2v) is 10.2. The van der Waals surface area contributed by atoms with Gasteiger partial charge in [-0.3, -0.25) is 9.59 Å². The minimum absolute atomic E-state index is 0.0552. The average molecular weight is 528 g/mol. The summed E-state index contributed by atoms with van der Waals surface area (Å²) in [5, 5.41) is 0.993. The predicted octanol–water partition coefficient (Wildman–Crippen LogP) is 4.60. The Morgan fingerprint density at radius 2 is 1.77 bits per heavy atom. The quantitative estimate of drug-likeness (QED) is 0.398. The molecule has 0 aliphatic carbocycles. The van der Waals surface area contributed by atoms with Crippen molar-refractivity contribution in [3.63, 3.8) is 0 Å². The maximum absolute atomic E-state index is 14.3. The van der Waals surface area contributed by atoms with Crippen LogP contribution in [0.4, 0.5) is 4.39 Å². The molecule has 0 unspecified atom stereocenters. The van der Waals surface area contributed by atoms with Gasteiger partial charge in [0.2, 0.25) is 5.91 Å². The number of methoxy groups -OCH3 is 2. The topological polar surface area (TPSA) is 74.9 Å². The number of H-pyrrole nitrogens is 1. The van der Waals surface area contributed by atoms with Gasteiger partial charge in [-0.2, -0.15) is 0 Å². The third kappa shape index (κ3) is 3.77. The Morgan fingerprint density at radius 3 is 2.54 bits per heavy atom. The molecular formula is C31H30FN3O4. The summed E-state index contributed by atoms with van der Waals surface area (Å²) in [5.41, 5.74) is 2.71. The number of fused-ring (bicyclic) bond motifs is 5. The van der Waals surface area contributed by atoms with Crippen LogP contribution in [0.2, 0.25) is 0 Å². The smallest absolute Gasteiger partial charge is 0.254 e. The van der Waals surface area contributed by atoms with E-state index in [0.29, 0.717) is 35.7 Å². The van der Waals surface area contributed by atoms with Gasteiger partial charge in [-0.15, -0.1) is 0 Å².